The molecule has 0 spiro atoms. The average molecular weight is 331 g/mol. The van der Waals surface area contributed by atoms with Gasteiger partial charge < -0.3 is 14.3 Å². The highest BCUT2D eigenvalue weighted by atomic mass is 16.5. The summed E-state index contributed by atoms with van der Waals surface area (Å²) < 4.78 is 10.7. The Balaban J connectivity index is 1.48. The number of nitrogens with zero attached hydrogens (tertiary/aromatic N) is 3. The molecule has 1 N–H and O–H groups in total. The summed E-state index contributed by atoms with van der Waals surface area (Å²) in [5, 5.41) is 10.2. The number of rotatable bonds is 7. The normalized spacial score (nSPS) is 16.3. The molecule has 2 aromatic heterocycles. The molecule has 1 atom stereocenters. The van der Waals surface area contributed by atoms with E-state index in [0.29, 0.717) is 25.7 Å². The van der Waals surface area contributed by atoms with Crippen LogP contribution < -0.4 is 0 Å². The molecule has 0 radical (unpaired) electrons. The van der Waals surface area contributed by atoms with Crippen LogP contribution in [0.25, 0.3) is 0 Å². The smallest absolute Gasteiger partial charge is 0.131 e. The van der Waals surface area contributed by atoms with Crippen LogP contribution in [0, 0.1) is 0 Å². The molecular weight excluding hydrogens is 306 g/mol. The van der Waals surface area contributed by atoms with Gasteiger partial charge in [0.25, 0.3) is 0 Å². The molecule has 6 heteroatoms. The second-order valence-corrected chi connectivity index (χ2v) is 6.59. The molecule has 0 fully saturated rings. The molecular formula is C18H25N3O3. The van der Waals surface area contributed by atoms with Crippen LogP contribution in [0.4, 0.5) is 0 Å². The molecule has 3 rings (SSSR count). The molecule has 0 aliphatic carbocycles. The molecule has 24 heavy (non-hydrogen) atoms. The predicted octanol–water partition coefficient (Wildman–Crippen LogP) is 2.13. The summed E-state index contributed by atoms with van der Waals surface area (Å²) in [5.41, 5.74) is 2.31. The van der Waals surface area contributed by atoms with Gasteiger partial charge in [-0.05, 0) is 24.1 Å². The van der Waals surface area contributed by atoms with Crippen molar-refractivity contribution in [2.24, 2.45) is 0 Å². The first-order valence-electron chi connectivity index (χ1n) is 8.47. The van der Waals surface area contributed by atoms with E-state index in [0.717, 1.165) is 36.8 Å². The monoisotopic (exact) mass is 331 g/mol. The summed E-state index contributed by atoms with van der Waals surface area (Å²) in [5.74, 6) is 1.98. The van der Waals surface area contributed by atoms with E-state index < -0.39 is 6.10 Å². The van der Waals surface area contributed by atoms with Crippen molar-refractivity contribution in [2.75, 3.05) is 19.7 Å². The number of aliphatic hydroxyl groups is 1. The Bertz CT molecular complexity index is 643. The van der Waals surface area contributed by atoms with Gasteiger partial charge in [0.15, 0.2) is 0 Å². The number of furan rings is 1. The lowest BCUT2D eigenvalue weighted by atomic mass is 10.1. The fourth-order valence-corrected chi connectivity index (χ4v) is 2.85. The Hall–Kier alpha value is -1.76. The van der Waals surface area contributed by atoms with E-state index >= 15 is 0 Å². The number of aromatic nitrogens is 2. The van der Waals surface area contributed by atoms with Gasteiger partial charge in [-0.15, -0.1) is 0 Å². The highest BCUT2D eigenvalue weighted by Crippen LogP contribution is 2.19. The number of hydrogen-bond donors (Lipinski definition) is 1. The van der Waals surface area contributed by atoms with Crippen molar-refractivity contribution >= 4 is 0 Å². The van der Waals surface area contributed by atoms with Gasteiger partial charge >= 0.3 is 0 Å². The summed E-state index contributed by atoms with van der Waals surface area (Å²) in [6, 6.07) is 3.69. The van der Waals surface area contributed by atoms with Gasteiger partial charge in [0.2, 0.25) is 0 Å². The number of β-amino-alcohol motifs (C(OH)–C–C–N with tert-alkyl or cyclic N) is 1. The molecule has 2 aromatic rings. The minimum absolute atomic E-state index is 0.297. The van der Waals surface area contributed by atoms with E-state index in [4.69, 9.17) is 9.15 Å². The van der Waals surface area contributed by atoms with E-state index in [-0.39, 0.29) is 0 Å². The van der Waals surface area contributed by atoms with E-state index in [1.165, 1.54) is 5.56 Å². The van der Waals surface area contributed by atoms with Crippen LogP contribution >= 0.6 is 0 Å². The van der Waals surface area contributed by atoms with Gasteiger partial charge in [0, 0.05) is 31.7 Å². The van der Waals surface area contributed by atoms with Crippen LogP contribution in [0.15, 0.2) is 29.0 Å². The highest BCUT2D eigenvalue weighted by Gasteiger charge is 2.21. The first kappa shape index (κ1) is 17.1. The van der Waals surface area contributed by atoms with Gasteiger partial charge in [-0.25, -0.2) is 9.97 Å². The van der Waals surface area contributed by atoms with Crippen molar-refractivity contribution in [1.29, 1.82) is 0 Å². The maximum atomic E-state index is 10.2. The third kappa shape index (κ3) is 4.41. The van der Waals surface area contributed by atoms with Crippen molar-refractivity contribution in [3.63, 3.8) is 0 Å². The van der Waals surface area contributed by atoms with Crippen LogP contribution in [0.3, 0.4) is 0 Å². The first-order valence-corrected chi connectivity index (χ1v) is 8.47. The number of ether oxygens (including phenoxy) is 1. The minimum Gasteiger partial charge on any atom is -0.467 e. The fourth-order valence-electron chi connectivity index (χ4n) is 2.85. The van der Waals surface area contributed by atoms with E-state index in [1.54, 1.807) is 6.26 Å². The lowest BCUT2D eigenvalue weighted by molar-refractivity contribution is 0.00286. The Morgan fingerprint density at radius 2 is 2.29 bits per heavy atom. The van der Waals surface area contributed by atoms with Crippen molar-refractivity contribution in [3.8, 4) is 0 Å². The predicted molar refractivity (Wildman–Crippen MR) is 89.5 cm³/mol. The van der Waals surface area contributed by atoms with E-state index in [2.05, 4.69) is 28.7 Å². The second kappa shape index (κ2) is 7.88. The molecule has 0 amide bonds. The van der Waals surface area contributed by atoms with Crippen LogP contribution in [-0.2, 0) is 24.3 Å². The van der Waals surface area contributed by atoms with Crippen LogP contribution in [0.5, 0.6) is 0 Å². The van der Waals surface area contributed by atoms with Crippen molar-refractivity contribution in [3.05, 3.63) is 47.4 Å². The summed E-state index contributed by atoms with van der Waals surface area (Å²) in [4.78, 5) is 11.3. The molecule has 0 saturated carbocycles. The SMILES string of the molecule is CC(C)c1ncc2c(n1)CN(CC(O)COCc1ccco1)CC2. The summed E-state index contributed by atoms with van der Waals surface area (Å²) in [6.07, 6.45) is 3.98. The molecule has 3 heterocycles. The molecule has 0 saturated heterocycles. The van der Waals surface area contributed by atoms with Crippen molar-refractivity contribution in [1.82, 2.24) is 14.9 Å². The van der Waals surface area contributed by atoms with E-state index in [1.807, 2.05) is 18.3 Å². The quantitative estimate of drug-likeness (QED) is 0.838. The van der Waals surface area contributed by atoms with Crippen LogP contribution in [0.2, 0.25) is 0 Å². The Morgan fingerprint density at radius 1 is 1.42 bits per heavy atom. The van der Waals surface area contributed by atoms with Gasteiger partial charge in [-0.1, -0.05) is 13.8 Å². The topological polar surface area (TPSA) is 71.6 Å². The van der Waals surface area contributed by atoms with Gasteiger partial charge in [-0.3, -0.25) is 4.90 Å². The standard InChI is InChI=1S/C18H25N3O3/c1-13(2)18-19-8-14-5-6-21(10-17(14)20-18)9-15(22)11-23-12-16-4-3-7-24-16/h3-4,7-8,13,15,22H,5-6,9-12H2,1-2H3. The second-order valence-electron chi connectivity index (χ2n) is 6.59. The van der Waals surface area contributed by atoms with Gasteiger partial charge in [-0.2, -0.15) is 0 Å². The van der Waals surface area contributed by atoms with Crippen LogP contribution in [0.1, 0.15) is 42.6 Å². The summed E-state index contributed by atoms with van der Waals surface area (Å²) >= 11 is 0. The zero-order valence-electron chi connectivity index (χ0n) is 14.3. The zero-order valence-corrected chi connectivity index (χ0v) is 14.3. The molecule has 6 nitrogen and oxygen atoms in total. The fraction of sp³-hybridized carbons (Fsp3) is 0.556. The maximum Gasteiger partial charge on any atom is 0.131 e. The minimum atomic E-state index is -0.520. The Morgan fingerprint density at radius 3 is 3.04 bits per heavy atom. The third-order valence-electron chi connectivity index (χ3n) is 4.16. The lowest BCUT2D eigenvalue weighted by Gasteiger charge is -2.29. The third-order valence-corrected chi connectivity index (χ3v) is 4.16. The molecule has 1 aliphatic rings. The number of fused-ring (bicyclic) bond motifs is 1. The summed E-state index contributed by atoms with van der Waals surface area (Å²) in [6.45, 7) is 7.13. The Kier molecular flexibility index (Phi) is 5.60. The van der Waals surface area contributed by atoms with Crippen molar-refractivity contribution in [2.45, 2.75) is 45.4 Å². The number of hydrogen-bond acceptors (Lipinski definition) is 6. The number of aliphatic hydroxyl groups excluding tert-OH is 1. The highest BCUT2D eigenvalue weighted by molar-refractivity contribution is 5.21. The maximum absolute atomic E-state index is 10.2. The first-order chi connectivity index (χ1) is 11.6. The molecule has 0 aromatic carbocycles. The van der Waals surface area contributed by atoms with Gasteiger partial charge in [0.05, 0.1) is 24.7 Å². The molecule has 130 valence electrons. The van der Waals surface area contributed by atoms with Gasteiger partial charge in [0.1, 0.15) is 18.2 Å². The van der Waals surface area contributed by atoms with E-state index in [9.17, 15) is 5.11 Å². The zero-order chi connectivity index (χ0) is 16.9. The van der Waals surface area contributed by atoms with Crippen molar-refractivity contribution < 1.29 is 14.3 Å². The molecule has 1 aliphatic heterocycles. The summed E-state index contributed by atoms with van der Waals surface area (Å²) in [7, 11) is 0. The molecule has 0 bridgehead atoms. The lowest BCUT2D eigenvalue weighted by Crippen LogP contribution is -2.39. The Labute approximate surface area is 142 Å². The average Bonchev–Trinajstić information content (AvgIpc) is 3.07. The molecule has 1 unspecified atom stereocenters. The van der Waals surface area contributed by atoms with Crippen LogP contribution in [-0.4, -0.2) is 45.8 Å². The largest absolute Gasteiger partial charge is 0.467 e.